The number of rotatable bonds is 7. The Labute approximate surface area is 180 Å². The number of hydrogen-bond acceptors (Lipinski definition) is 4. The standard InChI is InChI=1S/C20H26Cl2N4O3/c1-6-25(19(28)18(21)22)12-17(27)23-16-11-15(20(2,3)4)24-26(16)13-7-9-14(29-5)10-8-13/h7-11,18H,6,12H2,1-5H3,(H,23,27). The van der Waals surface area contributed by atoms with Crippen molar-refractivity contribution in [3.05, 3.63) is 36.0 Å². The summed E-state index contributed by atoms with van der Waals surface area (Å²) in [5.74, 6) is 0.340. The highest BCUT2D eigenvalue weighted by atomic mass is 35.5. The summed E-state index contributed by atoms with van der Waals surface area (Å²) in [4.78, 5) is 24.7. The lowest BCUT2D eigenvalue weighted by molar-refractivity contribution is -0.132. The van der Waals surface area contributed by atoms with Gasteiger partial charge in [0.2, 0.25) is 5.91 Å². The lowest BCUT2D eigenvalue weighted by Crippen LogP contribution is -2.40. The second kappa shape index (κ2) is 9.50. The van der Waals surface area contributed by atoms with Crippen molar-refractivity contribution in [2.45, 2.75) is 37.9 Å². The number of ether oxygens (including phenoxy) is 1. The maximum absolute atomic E-state index is 12.6. The van der Waals surface area contributed by atoms with Gasteiger partial charge in [-0.3, -0.25) is 9.59 Å². The van der Waals surface area contributed by atoms with Gasteiger partial charge in [0.1, 0.15) is 11.6 Å². The first-order valence-electron chi connectivity index (χ1n) is 9.18. The zero-order chi connectivity index (χ0) is 21.8. The topological polar surface area (TPSA) is 76.5 Å². The molecule has 0 aliphatic carbocycles. The smallest absolute Gasteiger partial charge is 0.256 e. The largest absolute Gasteiger partial charge is 0.497 e. The van der Waals surface area contributed by atoms with Gasteiger partial charge in [-0.1, -0.05) is 44.0 Å². The Hall–Kier alpha value is -2.25. The summed E-state index contributed by atoms with van der Waals surface area (Å²) in [7, 11) is 1.60. The maximum atomic E-state index is 12.6. The van der Waals surface area contributed by atoms with Crippen LogP contribution in [-0.2, 0) is 15.0 Å². The summed E-state index contributed by atoms with van der Waals surface area (Å²) < 4.78 is 6.85. The van der Waals surface area contributed by atoms with Gasteiger partial charge in [0.05, 0.1) is 25.0 Å². The summed E-state index contributed by atoms with van der Waals surface area (Å²) in [6, 6.07) is 9.16. The summed E-state index contributed by atoms with van der Waals surface area (Å²) >= 11 is 11.3. The Kier molecular flexibility index (Phi) is 7.54. The molecule has 0 saturated heterocycles. The summed E-state index contributed by atoms with van der Waals surface area (Å²) in [6.07, 6.45) is 0. The van der Waals surface area contributed by atoms with E-state index in [1.165, 1.54) is 4.90 Å². The molecular formula is C20H26Cl2N4O3. The van der Waals surface area contributed by atoms with E-state index < -0.39 is 10.7 Å². The molecule has 2 amide bonds. The summed E-state index contributed by atoms with van der Waals surface area (Å²) in [5.41, 5.74) is 1.36. The molecule has 0 radical (unpaired) electrons. The van der Waals surface area contributed by atoms with Gasteiger partial charge < -0.3 is 15.0 Å². The summed E-state index contributed by atoms with van der Waals surface area (Å²) in [6.45, 7) is 8.02. The van der Waals surface area contributed by atoms with Crippen LogP contribution in [-0.4, -0.2) is 51.5 Å². The second-order valence-corrected chi connectivity index (χ2v) is 8.57. The van der Waals surface area contributed by atoms with Crippen LogP contribution in [0.3, 0.4) is 0 Å². The number of carbonyl (C=O) groups excluding carboxylic acids is 2. The third-order valence-corrected chi connectivity index (χ3v) is 4.65. The van der Waals surface area contributed by atoms with Gasteiger partial charge in [-0.25, -0.2) is 4.68 Å². The van der Waals surface area contributed by atoms with Gasteiger partial charge >= 0.3 is 0 Å². The first kappa shape index (κ1) is 23.0. The third kappa shape index (κ3) is 5.87. The van der Waals surface area contributed by atoms with Crippen molar-refractivity contribution in [1.82, 2.24) is 14.7 Å². The van der Waals surface area contributed by atoms with E-state index in [4.69, 9.17) is 27.9 Å². The van der Waals surface area contributed by atoms with Gasteiger partial charge in [0.25, 0.3) is 5.91 Å². The van der Waals surface area contributed by atoms with E-state index in [1.807, 2.05) is 51.1 Å². The molecule has 9 heteroatoms. The third-order valence-electron chi connectivity index (χ3n) is 4.28. The molecule has 7 nitrogen and oxygen atoms in total. The molecule has 0 bridgehead atoms. The minimum atomic E-state index is -1.21. The number of likely N-dealkylation sites (N-methyl/N-ethyl adjacent to an activating group) is 1. The number of nitrogens with zero attached hydrogens (tertiary/aromatic N) is 3. The van der Waals surface area contributed by atoms with Crippen LogP contribution in [0.4, 0.5) is 5.82 Å². The van der Waals surface area contributed by atoms with Crippen molar-refractivity contribution in [1.29, 1.82) is 0 Å². The van der Waals surface area contributed by atoms with E-state index in [9.17, 15) is 9.59 Å². The van der Waals surface area contributed by atoms with E-state index in [0.717, 1.165) is 17.1 Å². The molecule has 1 aromatic heterocycles. The van der Waals surface area contributed by atoms with Gasteiger partial charge in [0, 0.05) is 18.0 Å². The number of amides is 2. The fourth-order valence-corrected chi connectivity index (χ4v) is 2.87. The van der Waals surface area contributed by atoms with Crippen LogP contribution in [0.25, 0.3) is 5.69 Å². The van der Waals surface area contributed by atoms with Crippen molar-refractivity contribution in [2.24, 2.45) is 0 Å². The highest BCUT2D eigenvalue weighted by Gasteiger charge is 2.24. The van der Waals surface area contributed by atoms with Crippen LogP contribution in [0.5, 0.6) is 5.75 Å². The molecule has 0 fully saturated rings. The highest BCUT2D eigenvalue weighted by Crippen LogP contribution is 2.27. The number of carbonyl (C=O) groups is 2. The van der Waals surface area contributed by atoms with E-state index >= 15 is 0 Å². The van der Waals surface area contributed by atoms with Crippen molar-refractivity contribution >= 4 is 40.8 Å². The molecule has 0 atom stereocenters. The molecule has 1 heterocycles. The quantitative estimate of drug-likeness (QED) is 0.664. The zero-order valence-corrected chi connectivity index (χ0v) is 18.7. The van der Waals surface area contributed by atoms with E-state index in [0.29, 0.717) is 12.4 Å². The Morgan fingerprint density at radius 2 is 1.86 bits per heavy atom. The highest BCUT2D eigenvalue weighted by molar-refractivity contribution is 6.53. The molecule has 1 aromatic carbocycles. The van der Waals surface area contributed by atoms with Crippen molar-refractivity contribution in [2.75, 3.05) is 25.5 Å². The van der Waals surface area contributed by atoms with E-state index in [2.05, 4.69) is 10.4 Å². The zero-order valence-electron chi connectivity index (χ0n) is 17.2. The molecule has 0 aliphatic heterocycles. The molecule has 1 N–H and O–H groups in total. The van der Waals surface area contributed by atoms with Crippen LogP contribution in [0.1, 0.15) is 33.4 Å². The Balaban J connectivity index is 2.31. The van der Waals surface area contributed by atoms with Crippen molar-refractivity contribution in [3.8, 4) is 11.4 Å². The second-order valence-electron chi connectivity index (χ2n) is 7.48. The lowest BCUT2D eigenvalue weighted by Gasteiger charge is -2.20. The predicted octanol–water partition coefficient (Wildman–Crippen LogP) is 3.77. The van der Waals surface area contributed by atoms with Crippen LogP contribution in [0.15, 0.2) is 30.3 Å². The fraction of sp³-hybridized carbons (Fsp3) is 0.450. The van der Waals surface area contributed by atoms with Gasteiger partial charge in [-0.2, -0.15) is 5.10 Å². The van der Waals surface area contributed by atoms with Crippen molar-refractivity contribution < 1.29 is 14.3 Å². The fourth-order valence-electron chi connectivity index (χ4n) is 2.60. The number of alkyl halides is 2. The number of nitrogens with one attached hydrogen (secondary N) is 1. The van der Waals surface area contributed by atoms with Crippen LogP contribution in [0, 0.1) is 0 Å². The average molecular weight is 441 g/mol. The van der Waals surface area contributed by atoms with Gasteiger partial charge in [-0.05, 0) is 31.2 Å². The SMILES string of the molecule is CCN(CC(=O)Nc1cc(C(C)(C)C)nn1-c1ccc(OC)cc1)C(=O)C(Cl)Cl. The Morgan fingerprint density at radius 3 is 2.34 bits per heavy atom. The van der Waals surface area contributed by atoms with E-state index in [1.54, 1.807) is 18.7 Å². The number of anilines is 1. The summed E-state index contributed by atoms with van der Waals surface area (Å²) in [5, 5.41) is 7.50. The van der Waals surface area contributed by atoms with Gasteiger partial charge in [0.15, 0.2) is 4.84 Å². The maximum Gasteiger partial charge on any atom is 0.256 e. The molecule has 0 spiro atoms. The predicted molar refractivity (Wildman–Crippen MR) is 115 cm³/mol. The Morgan fingerprint density at radius 1 is 1.24 bits per heavy atom. The molecular weight excluding hydrogens is 415 g/mol. The van der Waals surface area contributed by atoms with Crippen molar-refractivity contribution in [3.63, 3.8) is 0 Å². The Bertz CT molecular complexity index is 858. The monoisotopic (exact) mass is 440 g/mol. The number of benzene rings is 1. The first-order valence-corrected chi connectivity index (χ1v) is 10.1. The molecule has 29 heavy (non-hydrogen) atoms. The number of methoxy groups -OCH3 is 1. The van der Waals surface area contributed by atoms with Crippen LogP contribution < -0.4 is 10.1 Å². The number of halogens is 2. The normalized spacial score (nSPS) is 11.4. The minimum Gasteiger partial charge on any atom is -0.497 e. The molecule has 158 valence electrons. The molecule has 2 rings (SSSR count). The molecule has 0 saturated carbocycles. The van der Waals surface area contributed by atoms with E-state index in [-0.39, 0.29) is 17.9 Å². The van der Waals surface area contributed by atoms with Crippen LogP contribution >= 0.6 is 23.2 Å². The van der Waals surface area contributed by atoms with Crippen LogP contribution in [0.2, 0.25) is 0 Å². The van der Waals surface area contributed by atoms with Gasteiger partial charge in [-0.15, -0.1) is 0 Å². The lowest BCUT2D eigenvalue weighted by atomic mass is 9.92. The molecule has 0 aliphatic rings. The molecule has 0 unspecified atom stereocenters. The average Bonchev–Trinajstić information content (AvgIpc) is 3.09. The minimum absolute atomic E-state index is 0.163. The number of aromatic nitrogens is 2. The molecule has 2 aromatic rings. The first-order chi connectivity index (χ1) is 13.6. The number of hydrogen-bond donors (Lipinski definition) is 1.